The quantitative estimate of drug-likeness (QED) is 0.230. The van der Waals surface area contributed by atoms with Gasteiger partial charge in [0.25, 0.3) is 5.91 Å². The number of benzene rings is 4. The number of hydrogen-bond acceptors (Lipinski definition) is 3. The highest BCUT2D eigenvalue weighted by atomic mass is 16.2. The van der Waals surface area contributed by atoms with Crippen molar-refractivity contribution in [3.8, 4) is 11.1 Å². The summed E-state index contributed by atoms with van der Waals surface area (Å²) in [4.78, 5) is 28.8. The van der Waals surface area contributed by atoms with Gasteiger partial charge >= 0.3 is 0 Å². The molecule has 0 aromatic heterocycles. The summed E-state index contributed by atoms with van der Waals surface area (Å²) >= 11 is 0. The van der Waals surface area contributed by atoms with Gasteiger partial charge in [-0.05, 0) is 84.7 Å². The lowest BCUT2D eigenvalue weighted by molar-refractivity contribution is -0.124. The van der Waals surface area contributed by atoms with E-state index in [9.17, 15) is 9.59 Å². The highest BCUT2D eigenvalue weighted by molar-refractivity contribution is 6.09. The van der Waals surface area contributed by atoms with Crippen LogP contribution in [0, 0.1) is 12.8 Å². The Balaban J connectivity index is 1.23. The summed E-state index contributed by atoms with van der Waals surface area (Å²) in [5, 5.41) is 6.22. The minimum atomic E-state index is -0.120. The van der Waals surface area contributed by atoms with Crippen LogP contribution in [-0.2, 0) is 4.79 Å². The molecule has 2 N–H and O–H groups in total. The van der Waals surface area contributed by atoms with Crippen LogP contribution in [-0.4, -0.2) is 31.4 Å². The van der Waals surface area contributed by atoms with Crippen molar-refractivity contribution in [2.24, 2.45) is 5.92 Å². The number of rotatable bonds is 9. The van der Waals surface area contributed by atoms with Gasteiger partial charge in [-0.15, -0.1) is 0 Å². The zero-order valence-corrected chi connectivity index (χ0v) is 24.0. The largest absolute Gasteiger partial charge is 0.372 e. The second-order valence-corrected chi connectivity index (χ2v) is 10.9. The SMILES string of the molecule is CCCNC(=O)C(c1ccccc1)C1CCN(c2ccc(NC(=O)c3ccccc3-c3ccccc3C)cc2)CC1. The van der Waals surface area contributed by atoms with Crippen LogP contribution in [0.4, 0.5) is 11.4 Å². The normalized spacial score (nSPS) is 14.3. The van der Waals surface area contributed by atoms with Gasteiger partial charge in [-0.25, -0.2) is 0 Å². The Morgan fingerprint density at radius 1 is 0.805 bits per heavy atom. The zero-order valence-electron chi connectivity index (χ0n) is 24.0. The molecule has 2 amide bonds. The molecule has 210 valence electrons. The Morgan fingerprint density at radius 3 is 2.12 bits per heavy atom. The number of carbonyl (C=O) groups is 2. The van der Waals surface area contributed by atoms with Crippen LogP contribution in [0.5, 0.6) is 0 Å². The summed E-state index contributed by atoms with van der Waals surface area (Å²) in [7, 11) is 0. The van der Waals surface area contributed by atoms with Crippen molar-refractivity contribution in [1.82, 2.24) is 5.32 Å². The van der Waals surface area contributed by atoms with Gasteiger partial charge in [0.15, 0.2) is 0 Å². The van der Waals surface area contributed by atoms with Gasteiger partial charge in [0, 0.05) is 36.6 Å². The van der Waals surface area contributed by atoms with Crippen molar-refractivity contribution in [3.05, 3.63) is 120 Å². The summed E-state index contributed by atoms with van der Waals surface area (Å²) in [5.74, 6) is 0.203. The predicted octanol–water partition coefficient (Wildman–Crippen LogP) is 7.44. The molecule has 1 aliphatic rings. The molecule has 1 fully saturated rings. The van der Waals surface area contributed by atoms with Crippen molar-refractivity contribution < 1.29 is 9.59 Å². The first-order valence-corrected chi connectivity index (χ1v) is 14.7. The monoisotopic (exact) mass is 545 g/mol. The van der Waals surface area contributed by atoms with Crippen molar-refractivity contribution in [2.75, 3.05) is 29.9 Å². The molecule has 0 radical (unpaired) electrons. The van der Waals surface area contributed by atoms with E-state index >= 15 is 0 Å². The molecule has 41 heavy (non-hydrogen) atoms. The van der Waals surface area contributed by atoms with Gasteiger partial charge in [0.05, 0.1) is 5.92 Å². The number of anilines is 2. The van der Waals surface area contributed by atoms with Crippen LogP contribution in [0.3, 0.4) is 0 Å². The lowest BCUT2D eigenvalue weighted by Crippen LogP contribution is -2.40. The highest BCUT2D eigenvalue weighted by Crippen LogP contribution is 2.35. The van der Waals surface area contributed by atoms with Gasteiger partial charge in [-0.1, -0.05) is 79.7 Å². The fraction of sp³-hybridized carbons (Fsp3) is 0.278. The molecule has 1 atom stereocenters. The maximum atomic E-state index is 13.3. The van der Waals surface area contributed by atoms with Crippen molar-refractivity contribution in [3.63, 3.8) is 0 Å². The van der Waals surface area contributed by atoms with Crippen molar-refractivity contribution in [1.29, 1.82) is 0 Å². The number of aryl methyl sites for hydroxylation is 1. The van der Waals surface area contributed by atoms with Crippen LogP contribution in [0.2, 0.25) is 0 Å². The molecular formula is C36H39N3O2. The first-order valence-electron chi connectivity index (χ1n) is 14.7. The van der Waals surface area contributed by atoms with Crippen LogP contribution < -0.4 is 15.5 Å². The molecule has 0 spiro atoms. The Labute approximate surface area is 243 Å². The zero-order chi connectivity index (χ0) is 28.6. The Kier molecular flexibility index (Phi) is 9.15. The fourth-order valence-corrected chi connectivity index (χ4v) is 5.89. The van der Waals surface area contributed by atoms with E-state index in [1.54, 1.807) is 0 Å². The second-order valence-electron chi connectivity index (χ2n) is 10.9. The van der Waals surface area contributed by atoms with E-state index in [0.29, 0.717) is 18.0 Å². The smallest absolute Gasteiger partial charge is 0.256 e. The van der Waals surface area contributed by atoms with Crippen molar-refractivity contribution in [2.45, 2.75) is 39.0 Å². The van der Waals surface area contributed by atoms with Gasteiger partial charge < -0.3 is 15.5 Å². The second kappa shape index (κ2) is 13.3. The molecule has 4 aromatic rings. The third-order valence-electron chi connectivity index (χ3n) is 8.10. The molecule has 5 rings (SSSR count). The average molecular weight is 546 g/mol. The van der Waals surface area contributed by atoms with Gasteiger partial charge in [0.1, 0.15) is 0 Å². The maximum absolute atomic E-state index is 13.3. The Hall–Kier alpha value is -4.38. The van der Waals surface area contributed by atoms with Crippen LogP contribution in [0.1, 0.15) is 53.6 Å². The molecule has 5 heteroatoms. The number of amides is 2. The molecule has 5 nitrogen and oxygen atoms in total. The summed E-state index contributed by atoms with van der Waals surface area (Å²) in [6, 6.07) is 34.2. The number of nitrogens with one attached hydrogen (secondary N) is 2. The van der Waals surface area contributed by atoms with E-state index in [-0.39, 0.29) is 17.7 Å². The van der Waals surface area contributed by atoms with Crippen LogP contribution in [0.15, 0.2) is 103 Å². The van der Waals surface area contributed by atoms with E-state index < -0.39 is 0 Å². The van der Waals surface area contributed by atoms with E-state index in [2.05, 4.69) is 65.8 Å². The third-order valence-corrected chi connectivity index (χ3v) is 8.10. The minimum absolute atomic E-state index is 0.120. The minimum Gasteiger partial charge on any atom is -0.372 e. The van der Waals surface area contributed by atoms with Gasteiger partial charge in [-0.2, -0.15) is 0 Å². The summed E-state index contributed by atoms with van der Waals surface area (Å²) < 4.78 is 0. The standard InChI is InChI=1S/C36H39N3O2/c1-3-23-37-36(41)34(27-12-5-4-6-13-27)28-21-24-39(25-22-28)30-19-17-29(18-20-30)38-35(40)33-16-10-9-15-32(33)31-14-8-7-11-26(31)2/h4-20,28,34H,3,21-25H2,1-2H3,(H,37,41)(H,38,40). The molecule has 1 unspecified atom stereocenters. The number of nitrogens with zero attached hydrogens (tertiary/aromatic N) is 1. The average Bonchev–Trinajstić information content (AvgIpc) is 3.02. The molecule has 0 saturated carbocycles. The lowest BCUT2D eigenvalue weighted by Gasteiger charge is -2.37. The predicted molar refractivity (Wildman–Crippen MR) is 168 cm³/mol. The molecule has 0 bridgehead atoms. The number of carbonyl (C=O) groups excluding carboxylic acids is 2. The van der Waals surface area contributed by atoms with Gasteiger partial charge in [-0.3, -0.25) is 9.59 Å². The molecule has 4 aromatic carbocycles. The number of hydrogen-bond donors (Lipinski definition) is 2. The molecular weight excluding hydrogens is 506 g/mol. The summed E-state index contributed by atoms with van der Waals surface area (Å²) in [6.07, 6.45) is 2.84. The molecule has 0 aliphatic carbocycles. The lowest BCUT2D eigenvalue weighted by atomic mass is 9.79. The first kappa shape index (κ1) is 28.2. The number of piperidine rings is 1. The topological polar surface area (TPSA) is 61.4 Å². The van der Waals surface area contributed by atoms with E-state index in [1.807, 2.05) is 66.7 Å². The van der Waals surface area contributed by atoms with Crippen LogP contribution >= 0.6 is 0 Å². The molecule has 1 heterocycles. The van der Waals surface area contributed by atoms with E-state index in [1.165, 1.54) is 0 Å². The van der Waals surface area contributed by atoms with Gasteiger partial charge in [0.2, 0.25) is 5.91 Å². The van der Waals surface area contributed by atoms with Crippen LogP contribution in [0.25, 0.3) is 11.1 Å². The van der Waals surface area contributed by atoms with E-state index in [4.69, 9.17) is 0 Å². The first-order chi connectivity index (χ1) is 20.0. The Bertz CT molecular complexity index is 1460. The highest BCUT2D eigenvalue weighted by Gasteiger charge is 2.32. The summed E-state index contributed by atoms with van der Waals surface area (Å²) in [5.41, 5.74) is 6.79. The van der Waals surface area contributed by atoms with Crippen molar-refractivity contribution >= 4 is 23.2 Å². The molecule has 1 aliphatic heterocycles. The fourth-order valence-electron chi connectivity index (χ4n) is 5.89. The summed E-state index contributed by atoms with van der Waals surface area (Å²) in [6.45, 7) is 6.64. The molecule has 1 saturated heterocycles. The Morgan fingerprint density at radius 2 is 1.44 bits per heavy atom. The third kappa shape index (κ3) is 6.68. The van der Waals surface area contributed by atoms with E-state index in [0.717, 1.165) is 66.0 Å². The maximum Gasteiger partial charge on any atom is 0.256 e.